The molecular formula is C24H27N5O2S. The Hall–Kier alpha value is -3.26. The summed E-state index contributed by atoms with van der Waals surface area (Å²) in [6, 6.07) is 13.4. The Labute approximate surface area is 191 Å². The molecule has 1 aromatic heterocycles. The molecule has 4 rings (SSSR count). The number of aromatic nitrogens is 2. The zero-order chi connectivity index (χ0) is 22.7. The van der Waals surface area contributed by atoms with Crippen molar-refractivity contribution in [1.82, 2.24) is 15.1 Å². The predicted octanol–water partition coefficient (Wildman–Crippen LogP) is 5.13. The summed E-state index contributed by atoms with van der Waals surface area (Å²) in [7, 11) is 0. The number of hydrogen-bond acceptors (Lipinski definition) is 5. The summed E-state index contributed by atoms with van der Waals surface area (Å²) in [5, 5.41) is 15.3. The van der Waals surface area contributed by atoms with Crippen LogP contribution in [0.1, 0.15) is 50.3 Å². The van der Waals surface area contributed by atoms with Crippen LogP contribution >= 0.6 is 11.3 Å². The molecule has 2 N–H and O–H groups in total. The van der Waals surface area contributed by atoms with Gasteiger partial charge < -0.3 is 15.5 Å². The van der Waals surface area contributed by atoms with Gasteiger partial charge in [-0.2, -0.15) is 0 Å². The summed E-state index contributed by atoms with van der Waals surface area (Å²) in [4.78, 5) is 27.2. The molecule has 32 heavy (non-hydrogen) atoms. The number of aryl methyl sites for hydroxylation is 3. The molecule has 1 saturated heterocycles. The van der Waals surface area contributed by atoms with Crippen molar-refractivity contribution in [2.24, 2.45) is 0 Å². The van der Waals surface area contributed by atoms with Gasteiger partial charge in [0, 0.05) is 30.4 Å². The van der Waals surface area contributed by atoms with Gasteiger partial charge in [-0.25, -0.2) is 4.79 Å². The fourth-order valence-corrected chi connectivity index (χ4v) is 4.56. The Kier molecular flexibility index (Phi) is 6.50. The van der Waals surface area contributed by atoms with E-state index in [9.17, 15) is 9.59 Å². The molecule has 1 fully saturated rings. The highest BCUT2D eigenvalue weighted by Crippen LogP contribution is 2.30. The Morgan fingerprint density at radius 1 is 0.969 bits per heavy atom. The SMILES string of the molecule is Cc1ccc(NC(=O)c2nnc([C@@H]3CCCN(C(=O)Nc4ccc(C)c(C)c4)C3)s2)cc1. The lowest BCUT2D eigenvalue weighted by Crippen LogP contribution is -2.41. The van der Waals surface area contributed by atoms with Crippen LogP contribution in [-0.2, 0) is 0 Å². The lowest BCUT2D eigenvalue weighted by molar-refractivity contribution is 0.102. The van der Waals surface area contributed by atoms with Gasteiger partial charge in [0.15, 0.2) is 0 Å². The maximum absolute atomic E-state index is 12.8. The van der Waals surface area contributed by atoms with Gasteiger partial charge in [-0.1, -0.05) is 35.1 Å². The first-order valence-electron chi connectivity index (χ1n) is 10.7. The van der Waals surface area contributed by atoms with Gasteiger partial charge in [0.05, 0.1) is 0 Å². The molecule has 0 unspecified atom stereocenters. The van der Waals surface area contributed by atoms with Crippen molar-refractivity contribution >= 4 is 34.6 Å². The van der Waals surface area contributed by atoms with Crippen LogP contribution in [0, 0.1) is 20.8 Å². The van der Waals surface area contributed by atoms with E-state index in [4.69, 9.17) is 0 Å². The van der Waals surface area contributed by atoms with Crippen LogP contribution < -0.4 is 10.6 Å². The standard InChI is InChI=1S/C24H27N5O2S/c1-15-6-9-19(10-7-15)25-21(30)23-28-27-22(32-23)18-5-4-12-29(14-18)24(31)26-20-11-8-16(2)17(3)13-20/h6-11,13,18H,4-5,12,14H2,1-3H3,(H,25,30)(H,26,31)/t18-/m1/s1. The molecule has 7 nitrogen and oxygen atoms in total. The number of piperidine rings is 1. The lowest BCUT2D eigenvalue weighted by Gasteiger charge is -2.31. The van der Waals surface area contributed by atoms with Crippen LogP contribution in [0.4, 0.5) is 16.2 Å². The van der Waals surface area contributed by atoms with Crippen molar-refractivity contribution in [3.8, 4) is 0 Å². The first-order chi connectivity index (χ1) is 15.4. The maximum Gasteiger partial charge on any atom is 0.321 e. The minimum Gasteiger partial charge on any atom is -0.324 e. The number of hydrogen-bond donors (Lipinski definition) is 2. The van der Waals surface area contributed by atoms with E-state index in [1.807, 2.05) is 68.1 Å². The number of rotatable bonds is 4. The van der Waals surface area contributed by atoms with Crippen LogP contribution in [0.15, 0.2) is 42.5 Å². The van der Waals surface area contributed by atoms with Crippen LogP contribution in [-0.4, -0.2) is 40.1 Å². The van der Waals surface area contributed by atoms with E-state index >= 15 is 0 Å². The monoisotopic (exact) mass is 449 g/mol. The number of carbonyl (C=O) groups is 2. The number of benzene rings is 2. The highest BCUT2D eigenvalue weighted by molar-refractivity contribution is 7.13. The predicted molar refractivity (Wildman–Crippen MR) is 128 cm³/mol. The van der Waals surface area contributed by atoms with Gasteiger partial charge in [-0.05, 0) is 69.0 Å². The highest BCUT2D eigenvalue weighted by atomic mass is 32.1. The van der Waals surface area contributed by atoms with Gasteiger partial charge in [0.1, 0.15) is 5.01 Å². The number of amides is 3. The molecular weight excluding hydrogens is 422 g/mol. The molecule has 3 amide bonds. The number of carbonyl (C=O) groups excluding carboxylic acids is 2. The fraction of sp³-hybridized carbons (Fsp3) is 0.333. The molecule has 3 aromatic rings. The molecule has 0 radical (unpaired) electrons. The van der Waals surface area contributed by atoms with E-state index in [1.165, 1.54) is 16.9 Å². The van der Waals surface area contributed by atoms with E-state index in [0.29, 0.717) is 18.1 Å². The van der Waals surface area contributed by atoms with Crippen molar-refractivity contribution in [2.75, 3.05) is 23.7 Å². The van der Waals surface area contributed by atoms with Crippen molar-refractivity contribution < 1.29 is 9.59 Å². The largest absolute Gasteiger partial charge is 0.324 e. The smallest absolute Gasteiger partial charge is 0.321 e. The molecule has 0 aliphatic carbocycles. The van der Waals surface area contributed by atoms with Crippen LogP contribution in [0.2, 0.25) is 0 Å². The summed E-state index contributed by atoms with van der Waals surface area (Å²) in [6.45, 7) is 7.34. The number of anilines is 2. The number of nitrogens with zero attached hydrogens (tertiary/aromatic N) is 3. The van der Waals surface area contributed by atoms with Gasteiger partial charge in [0.2, 0.25) is 5.01 Å². The molecule has 1 aliphatic heterocycles. The Balaban J connectivity index is 1.38. The van der Waals surface area contributed by atoms with Crippen LogP contribution in [0.3, 0.4) is 0 Å². The van der Waals surface area contributed by atoms with Gasteiger partial charge in [-0.3, -0.25) is 4.79 Å². The third kappa shape index (κ3) is 5.13. The number of urea groups is 1. The summed E-state index contributed by atoms with van der Waals surface area (Å²) >= 11 is 1.30. The average molecular weight is 450 g/mol. The van der Waals surface area contributed by atoms with Crippen molar-refractivity contribution in [2.45, 2.75) is 39.5 Å². The van der Waals surface area contributed by atoms with E-state index in [0.717, 1.165) is 40.4 Å². The first kappa shape index (κ1) is 22.0. The second-order valence-corrected chi connectivity index (χ2v) is 9.29. The Bertz CT molecular complexity index is 1130. The molecule has 2 heterocycles. The average Bonchev–Trinajstić information content (AvgIpc) is 3.28. The van der Waals surface area contributed by atoms with E-state index < -0.39 is 0 Å². The minimum absolute atomic E-state index is 0.0766. The second kappa shape index (κ2) is 9.48. The van der Waals surface area contributed by atoms with Gasteiger partial charge in [0.25, 0.3) is 5.91 Å². The molecule has 0 spiro atoms. The van der Waals surface area contributed by atoms with E-state index in [1.54, 1.807) is 0 Å². The molecule has 2 aromatic carbocycles. The number of likely N-dealkylation sites (tertiary alicyclic amines) is 1. The molecule has 8 heteroatoms. The van der Waals surface area contributed by atoms with Crippen molar-refractivity contribution in [1.29, 1.82) is 0 Å². The summed E-state index contributed by atoms with van der Waals surface area (Å²) < 4.78 is 0. The number of nitrogens with one attached hydrogen (secondary N) is 2. The van der Waals surface area contributed by atoms with E-state index in [-0.39, 0.29) is 17.9 Å². The third-order valence-corrected chi connectivity index (χ3v) is 6.84. The second-order valence-electron chi connectivity index (χ2n) is 8.28. The topological polar surface area (TPSA) is 87.2 Å². The third-order valence-electron chi connectivity index (χ3n) is 5.76. The van der Waals surface area contributed by atoms with Crippen LogP contribution in [0.25, 0.3) is 0 Å². The summed E-state index contributed by atoms with van der Waals surface area (Å²) in [6.07, 6.45) is 1.80. The normalized spacial score (nSPS) is 16.0. The quantitative estimate of drug-likeness (QED) is 0.578. The van der Waals surface area contributed by atoms with Gasteiger partial charge >= 0.3 is 6.03 Å². The van der Waals surface area contributed by atoms with Crippen molar-refractivity contribution in [3.05, 3.63) is 69.2 Å². The minimum atomic E-state index is -0.266. The Morgan fingerprint density at radius 2 is 1.72 bits per heavy atom. The highest BCUT2D eigenvalue weighted by Gasteiger charge is 2.28. The molecule has 1 atom stereocenters. The summed E-state index contributed by atoms with van der Waals surface area (Å²) in [5.41, 5.74) is 4.99. The van der Waals surface area contributed by atoms with Crippen molar-refractivity contribution in [3.63, 3.8) is 0 Å². The Morgan fingerprint density at radius 3 is 2.47 bits per heavy atom. The lowest BCUT2D eigenvalue weighted by atomic mass is 9.99. The molecule has 1 aliphatic rings. The fourth-order valence-electron chi connectivity index (χ4n) is 3.70. The maximum atomic E-state index is 12.8. The zero-order valence-corrected chi connectivity index (χ0v) is 19.3. The summed E-state index contributed by atoms with van der Waals surface area (Å²) in [5.74, 6) is -0.189. The van der Waals surface area contributed by atoms with Gasteiger partial charge in [-0.15, -0.1) is 10.2 Å². The molecule has 166 valence electrons. The zero-order valence-electron chi connectivity index (χ0n) is 18.5. The first-order valence-corrected chi connectivity index (χ1v) is 11.6. The molecule has 0 saturated carbocycles. The van der Waals surface area contributed by atoms with Crippen LogP contribution in [0.5, 0.6) is 0 Å². The van der Waals surface area contributed by atoms with E-state index in [2.05, 4.69) is 20.8 Å². The molecule has 0 bridgehead atoms.